The SMILES string of the molecule is CCN(Cc1cccc(F)c1)S(=O)(=O)c1sc(=O)[nH]c1C. The van der Waals surface area contributed by atoms with Crippen molar-refractivity contribution in [3.8, 4) is 0 Å². The topological polar surface area (TPSA) is 70.2 Å². The summed E-state index contributed by atoms with van der Waals surface area (Å²) < 4.78 is 39.6. The van der Waals surface area contributed by atoms with Crippen molar-refractivity contribution in [2.24, 2.45) is 0 Å². The summed E-state index contributed by atoms with van der Waals surface area (Å²) in [6, 6.07) is 5.79. The largest absolute Gasteiger partial charge is 0.315 e. The minimum atomic E-state index is -3.77. The van der Waals surface area contributed by atoms with Crippen LogP contribution in [0.25, 0.3) is 0 Å². The Bertz CT molecular complexity index is 796. The van der Waals surface area contributed by atoms with Gasteiger partial charge in [-0.05, 0) is 24.6 Å². The van der Waals surface area contributed by atoms with Crippen LogP contribution in [0.2, 0.25) is 0 Å². The molecule has 0 atom stereocenters. The van der Waals surface area contributed by atoms with Crippen LogP contribution < -0.4 is 4.87 Å². The van der Waals surface area contributed by atoms with Crippen molar-refractivity contribution in [3.05, 3.63) is 51.0 Å². The van der Waals surface area contributed by atoms with E-state index in [1.54, 1.807) is 19.9 Å². The molecule has 1 N–H and O–H groups in total. The van der Waals surface area contributed by atoms with Crippen molar-refractivity contribution in [2.75, 3.05) is 6.54 Å². The van der Waals surface area contributed by atoms with Crippen LogP contribution in [0.3, 0.4) is 0 Å². The van der Waals surface area contributed by atoms with Crippen LogP contribution in [-0.2, 0) is 16.6 Å². The van der Waals surface area contributed by atoms with Gasteiger partial charge in [-0.2, -0.15) is 4.31 Å². The molecule has 5 nitrogen and oxygen atoms in total. The zero-order valence-electron chi connectivity index (χ0n) is 11.6. The number of aromatic amines is 1. The van der Waals surface area contributed by atoms with E-state index in [2.05, 4.69) is 4.98 Å². The van der Waals surface area contributed by atoms with Crippen molar-refractivity contribution >= 4 is 21.4 Å². The Balaban J connectivity index is 2.36. The van der Waals surface area contributed by atoms with Gasteiger partial charge in [0.05, 0.1) is 0 Å². The lowest BCUT2D eigenvalue weighted by molar-refractivity contribution is 0.423. The second kappa shape index (κ2) is 6.08. The number of sulfonamides is 1. The maximum Gasteiger partial charge on any atom is 0.305 e. The molecule has 0 saturated carbocycles. The molecule has 0 aliphatic heterocycles. The smallest absolute Gasteiger partial charge is 0.305 e. The lowest BCUT2D eigenvalue weighted by Crippen LogP contribution is -2.30. The molecule has 2 rings (SSSR count). The predicted octanol–water partition coefficient (Wildman–Crippen LogP) is 2.09. The van der Waals surface area contributed by atoms with E-state index in [0.717, 1.165) is 0 Å². The molecular formula is C13H15FN2O3S2. The van der Waals surface area contributed by atoms with Gasteiger partial charge in [0, 0.05) is 18.8 Å². The maximum atomic E-state index is 13.2. The van der Waals surface area contributed by atoms with Gasteiger partial charge in [-0.25, -0.2) is 12.8 Å². The number of rotatable bonds is 5. The summed E-state index contributed by atoms with van der Waals surface area (Å²) in [5, 5.41) is 0. The highest BCUT2D eigenvalue weighted by Crippen LogP contribution is 2.22. The number of thiazole rings is 1. The monoisotopic (exact) mass is 330 g/mol. The van der Waals surface area contributed by atoms with Crippen molar-refractivity contribution in [1.82, 2.24) is 9.29 Å². The number of aryl methyl sites for hydroxylation is 1. The lowest BCUT2D eigenvalue weighted by atomic mass is 10.2. The molecule has 8 heteroatoms. The highest BCUT2D eigenvalue weighted by atomic mass is 32.2. The molecule has 0 fully saturated rings. The number of halogens is 1. The van der Waals surface area contributed by atoms with E-state index in [4.69, 9.17) is 0 Å². The van der Waals surface area contributed by atoms with Crippen LogP contribution in [0.4, 0.5) is 4.39 Å². The molecule has 0 saturated heterocycles. The molecule has 0 radical (unpaired) electrons. The summed E-state index contributed by atoms with van der Waals surface area (Å²) in [5.41, 5.74) is 0.878. The number of aromatic nitrogens is 1. The molecule has 21 heavy (non-hydrogen) atoms. The summed E-state index contributed by atoms with van der Waals surface area (Å²) in [5.74, 6) is -0.413. The van der Waals surface area contributed by atoms with Crippen molar-refractivity contribution in [3.63, 3.8) is 0 Å². The molecule has 0 bridgehead atoms. The molecule has 0 amide bonds. The van der Waals surface area contributed by atoms with Gasteiger partial charge in [-0.3, -0.25) is 4.79 Å². The Labute approximate surface area is 126 Å². The fourth-order valence-electron chi connectivity index (χ4n) is 1.96. The first-order chi connectivity index (χ1) is 9.84. The van der Waals surface area contributed by atoms with Crippen LogP contribution in [-0.4, -0.2) is 24.3 Å². The van der Waals surface area contributed by atoms with Crippen molar-refractivity contribution < 1.29 is 12.8 Å². The van der Waals surface area contributed by atoms with Crippen LogP contribution in [0.5, 0.6) is 0 Å². The molecule has 0 unspecified atom stereocenters. The molecule has 2 aromatic rings. The Morgan fingerprint density at radius 1 is 1.38 bits per heavy atom. The Morgan fingerprint density at radius 3 is 2.62 bits per heavy atom. The quantitative estimate of drug-likeness (QED) is 0.912. The minimum Gasteiger partial charge on any atom is -0.315 e. The molecule has 1 aromatic carbocycles. The Kier molecular flexibility index (Phi) is 4.60. The zero-order valence-corrected chi connectivity index (χ0v) is 13.2. The second-order valence-corrected chi connectivity index (χ2v) is 7.60. The van der Waals surface area contributed by atoms with E-state index >= 15 is 0 Å². The first-order valence-corrected chi connectivity index (χ1v) is 8.54. The number of hydrogen-bond acceptors (Lipinski definition) is 4. The van der Waals surface area contributed by atoms with E-state index in [9.17, 15) is 17.6 Å². The molecule has 114 valence electrons. The molecular weight excluding hydrogens is 315 g/mol. The van der Waals surface area contributed by atoms with Gasteiger partial charge in [0.15, 0.2) is 4.21 Å². The number of H-pyrrole nitrogens is 1. The summed E-state index contributed by atoms with van der Waals surface area (Å²) in [7, 11) is -3.77. The highest BCUT2D eigenvalue weighted by Gasteiger charge is 2.27. The van der Waals surface area contributed by atoms with Gasteiger partial charge in [0.25, 0.3) is 10.0 Å². The van der Waals surface area contributed by atoms with Gasteiger partial charge < -0.3 is 4.98 Å². The van der Waals surface area contributed by atoms with Crippen LogP contribution in [0.15, 0.2) is 33.3 Å². The van der Waals surface area contributed by atoms with Gasteiger partial charge in [0.2, 0.25) is 0 Å². The summed E-state index contributed by atoms with van der Waals surface area (Å²) in [6.07, 6.45) is 0. The van der Waals surface area contributed by atoms with Gasteiger partial charge in [-0.15, -0.1) is 0 Å². The van der Waals surface area contributed by atoms with Crippen molar-refractivity contribution in [2.45, 2.75) is 24.6 Å². The van der Waals surface area contributed by atoms with E-state index < -0.39 is 20.7 Å². The Morgan fingerprint density at radius 2 is 2.10 bits per heavy atom. The molecule has 0 spiro atoms. The maximum absolute atomic E-state index is 13.2. The summed E-state index contributed by atoms with van der Waals surface area (Å²) >= 11 is 0.664. The standard InChI is InChI=1S/C13H15FN2O3S2/c1-3-16(8-10-5-4-6-11(14)7-10)21(18,19)12-9(2)15-13(17)20-12/h4-7H,3,8H2,1-2H3,(H,15,17). The molecule has 0 aliphatic rings. The van der Waals surface area contributed by atoms with Crippen LogP contribution in [0.1, 0.15) is 18.2 Å². The number of benzene rings is 1. The number of hydrogen-bond donors (Lipinski definition) is 1. The first-order valence-electron chi connectivity index (χ1n) is 6.29. The van der Waals surface area contributed by atoms with E-state index in [-0.39, 0.29) is 17.3 Å². The van der Waals surface area contributed by atoms with E-state index in [1.807, 2.05) is 0 Å². The lowest BCUT2D eigenvalue weighted by Gasteiger charge is -2.19. The summed E-state index contributed by atoms with van der Waals surface area (Å²) in [6.45, 7) is 3.52. The van der Waals surface area contributed by atoms with Gasteiger partial charge in [0.1, 0.15) is 5.82 Å². The highest BCUT2D eigenvalue weighted by molar-refractivity contribution is 7.91. The average molecular weight is 330 g/mol. The third-order valence-corrected chi connectivity index (χ3v) is 6.46. The molecule has 1 aromatic heterocycles. The van der Waals surface area contributed by atoms with Crippen LogP contribution in [0, 0.1) is 12.7 Å². The Hall–Kier alpha value is -1.51. The fourth-order valence-corrected chi connectivity index (χ4v) is 4.83. The zero-order chi connectivity index (χ0) is 15.6. The average Bonchev–Trinajstić information content (AvgIpc) is 2.75. The third-order valence-electron chi connectivity index (χ3n) is 2.96. The fraction of sp³-hybridized carbons (Fsp3) is 0.308. The van der Waals surface area contributed by atoms with Crippen molar-refractivity contribution in [1.29, 1.82) is 0 Å². The third kappa shape index (κ3) is 3.39. The first kappa shape index (κ1) is 15.9. The summed E-state index contributed by atoms with van der Waals surface area (Å²) in [4.78, 5) is 13.4. The number of nitrogens with zero attached hydrogens (tertiary/aromatic N) is 1. The van der Waals surface area contributed by atoms with Crippen LogP contribution >= 0.6 is 11.3 Å². The molecule has 1 heterocycles. The van der Waals surface area contributed by atoms with E-state index in [0.29, 0.717) is 22.6 Å². The normalized spacial score (nSPS) is 12.0. The van der Waals surface area contributed by atoms with E-state index in [1.165, 1.54) is 22.5 Å². The number of nitrogens with one attached hydrogen (secondary N) is 1. The minimum absolute atomic E-state index is 0.00533. The molecule has 0 aliphatic carbocycles. The second-order valence-electron chi connectivity index (χ2n) is 4.49. The van der Waals surface area contributed by atoms with Gasteiger partial charge in [-0.1, -0.05) is 30.4 Å². The predicted molar refractivity (Wildman–Crippen MR) is 79.3 cm³/mol. The van der Waals surface area contributed by atoms with Gasteiger partial charge >= 0.3 is 4.87 Å².